The lowest BCUT2D eigenvalue weighted by atomic mass is 10.2. The van der Waals surface area contributed by atoms with Crippen molar-refractivity contribution < 1.29 is 0 Å². The van der Waals surface area contributed by atoms with Crippen LogP contribution in [0.15, 0.2) is 36.7 Å². The van der Waals surface area contributed by atoms with Gasteiger partial charge < -0.3 is 9.80 Å². The molecule has 0 atom stereocenters. The molecular weight excluding hydrogens is 306 g/mol. The Kier molecular flexibility index (Phi) is 3.83. The van der Waals surface area contributed by atoms with Gasteiger partial charge >= 0.3 is 0 Å². The quantitative estimate of drug-likeness (QED) is 0.741. The van der Waals surface area contributed by atoms with Crippen molar-refractivity contribution >= 4 is 32.6 Å². The molecule has 3 aromatic rings. The van der Waals surface area contributed by atoms with Gasteiger partial charge in [-0.15, -0.1) is 0 Å². The summed E-state index contributed by atoms with van der Waals surface area (Å²) < 4.78 is 1.29. The molecule has 1 aromatic carbocycles. The van der Waals surface area contributed by atoms with Gasteiger partial charge in [0.1, 0.15) is 0 Å². The molecule has 1 saturated heterocycles. The average Bonchev–Trinajstić information content (AvgIpc) is 3.05. The molecule has 0 aliphatic carbocycles. The van der Waals surface area contributed by atoms with E-state index in [4.69, 9.17) is 4.98 Å². The van der Waals surface area contributed by atoms with Crippen LogP contribution in [0.25, 0.3) is 10.2 Å². The lowest BCUT2D eigenvalue weighted by Crippen LogP contribution is -2.47. The molecule has 4 rings (SSSR count). The van der Waals surface area contributed by atoms with Gasteiger partial charge in [0.25, 0.3) is 0 Å². The van der Waals surface area contributed by atoms with E-state index >= 15 is 0 Å². The Morgan fingerprint density at radius 3 is 2.52 bits per heavy atom. The van der Waals surface area contributed by atoms with Crippen molar-refractivity contribution in [2.75, 3.05) is 36.0 Å². The summed E-state index contributed by atoms with van der Waals surface area (Å²) in [6.45, 7) is 5.96. The van der Waals surface area contributed by atoms with E-state index in [1.165, 1.54) is 10.3 Å². The monoisotopic (exact) mass is 325 g/mol. The molecule has 3 heterocycles. The first-order valence-corrected chi connectivity index (χ1v) is 8.81. The summed E-state index contributed by atoms with van der Waals surface area (Å²) in [4.78, 5) is 18.1. The van der Waals surface area contributed by atoms with Crippen LogP contribution in [-0.4, -0.2) is 41.1 Å². The van der Waals surface area contributed by atoms with E-state index in [1.807, 2.05) is 6.07 Å². The summed E-state index contributed by atoms with van der Waals surface area (Å²) in [5.74, 6) is 0.823. The molecule has 0 radical (unpaired) electrons. The number of aryl methyl sites for hydroxylation is 1. The van der Waals surface area contributed by atoms with Gasteiger partial charge in [-0.1, -0.05) is 24.3 Å². The molecule has 0 unspecified atom stereocenters. The zero-order chi connectivity index (χ0) is 15.6. The molecule has 0 amide bonds. The van der Waals surface area contributed by atoms with Crippen LogP contribution >= 0.6 is 11.3 Å². The van der Waals surface area contributed by atoms with Crippen molar-refractivity contribution in [1.82, 2.24) is 15.0 Å². The van der Waals surface area contributed by atoms with E-state index < -0.39 is 0 Å². The molecule has 1 fully saturated rings. The van der Waals surface area contributed by atoms with Crippen molar-refractivity contribution in [2.45, 2.75) is 13.3 Å². The van der Waals surface area contributed by atoms with Gasteiger partial charge in [-0.05, 0) is 30.2 Å². The molecule has 118 valence electrons. The SMILES string of the molecule is CCc1ccc2nc(N3CCN(c4ncccn4)CC3)sc2c1. The topological polar surface area (TPSA) is 45.2 Å². The van der Waals surface area contributed by atoms with Crippen LogP contribution in [0.5, 0.6) is 0 Å². The van der Waals surface area contributed by atoms with Crippen LogP contribution in [0.3, 0.4) is 0 Å². The van der Waals surface area contributed by atoms with Crippen LogP contribution in [0, 0.1) is 0 Å². The van der Waals surface area contributed by atoms with Crippen molar-refractivity contribution in [3.8, 4) is 0 Å². The summed E-state index contributed by atoms with van der Waals surface area (Å²) in [5, 5.41) is 1.13. The smallest absolute Gasteiger partial charge is 0.225 e. The zero-order valence-electron chi connectivity index (χ0n) is 13.1. The number of benzene rings is 1. The molecule has 1 aliphatic heterocycles. The third-order valence-electron chi connectivity index (χ3n) is 4.23. The summed E-state index contributed by atoms with van der Waals surface area (Å²) >= 11 is 1.80. The number of aromatic nitrogens is 3. The molecule has 23 heavy (non-hydrogen) atoms. The Bertz CT molecular complexity index is 793. The predicted octanol–water partition coefficient (Wildman–Crippen LogP) is 2.98. The standard InChI is InChI=1S/C17H19N5S/c1-2-13-4-5-14-15(12-13)23-17(20-14)22-10-8-21(9-11-22)16-18-6-3-7-19-16/h3-7,12H,2,8-11H2,1H3. The minimum atomic E-state index is 0.823. The molecule has 0 spiro atoms. The molecule has 0 bridgehead atoms. The maximum atomic E-state index is 4.80. The highest BCUT2D eigenvalue weighted by molar-refractivity contribution is 7.22. The number of piperazine rings is 1. The molecule has 0 N–H and O–H groups in total. The number of thiazole rings is 1. The lowest BCUT2D eigenvalue weighted by Gasteiger charge is -2.34. The van der Waals surface area contributed by atoms with E-state index in [9.17, 15) is 0 Å². The van der Waals surface area contributed by atoms with E-state index in [0.717, 1.165) is 49.2 Å². The molecular formula is C17H19N5S. The third-order valence-corrected chi connectivity index (χ3v) is 5.31. The third kappa shape index (κ3) is 2.86. The van der Waals surface area contributed by atoms with Gasteiger partial charge in [0, 0.05) is 38.6 Å². The van der Waals surface area contributed by atoms with Gasteiger partial charge in [0.2, 0.25) is 5.95 Å². The number of rotatable bonds is 3. The first-order chi connectivity index (χ1) is 11.3. The van der Waals surface area contributed by atoms with Gasteiger partial charge in [-0.2, -0.15) is 0 Å². The average molecular weight is 325 g/mol. The van der Waals surface area contributed by atoms with Gasteiger partial charge in [0.05, 0.1) is 10.2 Å². The van der Waals surface area contributed by atoms with Crippen molar-refractivity contribution in [1.29, 1.82) is 0 Å². The second kappa shape index (κ2) is 6.12. The largest absolute Gasteiger partial charge is 0.345 e. The Morgan fingerprint density at radius 2 is 1.78 bits per heavy atom. The van der Waals surface area contributed by atoms with Crippen molar-refractivity contribution in [3.05, 3.63) is 42.2 Å². The molecule has 6 heteroatoms. The second-order valence-corrected chi connectivity index (χ2v) is 6.68. The molecule has 0 saturated carbocycles. The normalized spacial score (nSPS) is 15.3. The van der Waals surface area contributed by atoms with E-state index in [-0.39, 0.29) is 0 Å². The van der Waals surface area contributed by atoms with Crippen molar-refractivity contribution in [3.63, 3.8) is 0 Å². The van der Waals surface area contributed by atoms with Crippen LogP contribution < -0.4 is 9.80 Å². The van der Waals surface area contributed by atoms with Gasteiger partial charge in [-0.3, -0.25) is 0 Å². The number of anilines is 2. The fourth-order valence-electron chi connectivity index (χ4n) is 2.86. The van der Waals surface area contributed by atoms with Crippen LogP contribution in [-0.2, 0) is 6.42 Å². The Morgan fingerprint density at radius 1 is 1.04 bits per heavy atom. The fourth-order valence-corrected chi connectivity index (χ4v) is 3.95. The maximum Gasteiger partial charge on any atom is 0.225 e. The molecule has 5 nitrogen and oxygen atoms in total. The van der Waals surface area contributed by atoms with E-state index in [2.05, 4.69) is 44.9 Å². The van der Waals surface area contributed by atoms with Gasteiger partial charge in [0.15, 0.2) is 5.13 Å². The van der Waals surface area contributed by atoms with E-state index in [0.29, 0.717) is 0 Å². The molecule has 1 aliphatic rings. The maximum absolute atomic E-state index is 4.80. The number of hydrogen-bond donors (Lipinski definition) is 0. The van der Waals surface area contributed by atoms with Crippen LogP contribution in [0.2, 0.25) is 0 Å². The van der Waals surface area contributed by atoms with E-state index in [1.54, 1.807) is 23.7 Å². The summed E-state index contributed by atoms with van der Waals surface area (Å²) in [7, 11) is 0. The van der Waals surface area contributed by atoms with Crippen LogP contribution in [0.1, 0.15) is 12.5 Å². The summed E-state index contributed by atoms with van der Waals surface area (Å²) in [6, 6.07) is 8.44. The minimum Gasteiger partial charge on any atom is -0.345 e. The fraction of sp³-hybridized carbons (Fsp3) is 0.353. The van der Waals surface area contributed by atoms with Crippen LogP contribution in [0.4, 0.5) is 11.1 Å². The Balaban J connectivity index is 1.50. The first-order valence-electron chi connectivity index (χ1n) is 8.00. The Hall–Kier alpha value is -2.21. The lowest BCUT2D eigenvalue weighted by molar-refractivity contribution is 0.639. The highest BCUT2D eigenvalue weighted by atomic mass is 32.1. The summed E-state index contributed by atoms with van der Waals surface area (Å²) in [6.07, 6.45) is 4.67. The first kappa shape index (κ1) is 14.4. The second-order valence-electron chi connectivity index (χ2n) is 5.67. The highest BCUT2D eigenvalue weighted by Crippen LogP contribution is 2.30. The number of fused-ring (bicyclic) bond motifs is 1. The Labute approximate surface area is 139 Å². The zero-order valence-corrected chi connectivity index (χ0v) is 14.0. The minimum absolute atomic E-state index is 0.823. The number of hydrogen-bond acceptors (Lipinski definition) is 6. The molecule has 2 aromatic heterocycles. The van der Waals surface area contributed by atoms with Crippen molar-refractivity contribution in [2.24, 2.45) is 0 Å². The predicted molar refractivity (Wildman–Crippen MR) is 95.5 cm³/mol. The summed E-state index contributed by atoms with van der Waals surface area (Å²) in [5.41, 5.74) is 2.48. The number of nitrogens with zero attached hydrogens (tertiary/aromatic N) is 5. The van der Waals surface area contributed by atoms with Gasteiger partial charge in [-0.25, -0.2) is 15.0 Å². The highest BCUT2D eigenvalue weighted by Gasteiger charge is 2.21.